The van der Waals surface area contributed by atoms with Crippen molar-refractivity contribution < 1.29 is 9.53 Å². The molecular weight excluding hydrogens is 301 g/mol. The van der Waals surface area contributed by atoms with Crippen LogP contribution in [0, 0.1) is 5.92 Å². The van der Waals surface area contributed by atoms with Crippen molar-refractivity contribution in [2.75, 3.05) is 45.9 Å². The van der Waals surface area contributed by atoms with Crippen molar-refractivity contribution in [3.05, 3.63) is 0 Å². The summed E-state index contributed by atoms with van der Waals surface area (Å²) in [6, 6.07) is 0. The van der Waals surface area contributed by atoms with Gasteiger partial charge in [0, 0.05) is 26.2 Å². The quantitative estimate of drug-likeness (QED) is 0.831. The zero-order valence-electron chi connectivity index (χ0n) is 12.1. The Morgan fingerprint density at radius 1 is 1.25 bits per heavy atom. The van der Waals surface area contributed by atoms with Crippen molar-refractivity contribution in [3.63, 3.8) is 0 Å². The number of carbonyl (C=O) groups is 1. The second kappa shape index (κ2) is 9.79. The third kappa shape index (κ3) is 5.04. The number of piperidine rings is 1. The number of nitrogens with zero attached hydrogens (tertiary/aromatic N) is 2. The van der Waals surface area contributed by atoms with E-state index in [1.54, 1.807) is 0 Å². The van der Waals surface area contributed by atoms with E-state index in [-0.39, 0.29) is 36.8 Å². The van der Waals surface area contributed by atoms with Gasteiger partial charge in [-0.1, -0.05) is 6.92 Å². The van der Waals surface area contributed by atoms with Gasteiger partial charge in [-0.05, 0) is 31.8 Å². The Morgan fingerprint density at radius 3 is 2.45 bits per heavy atom. The van der Waals surface area contributed by atoms with Gasteiger partial charge in [-0.15, -0.1) is 24.8 Å². The van der Waals surface area contributed by atoms with Crippen LogP contribution in [0.5, 0.6) is 0 Å². The van der Waals surface area contributed by atoms with Crippen LogP contribution in [-0.2, 0) is 9.53 Å². The summed E-state index contributed by atoms with van der Waals surface area (Å²) in [4.78, 5) is 16.6. The van der Waals surface area contributed by atoms with Gasteiger partial charge in [-0.2, -0.15) is 0 Å². The third-order valence-electron chi connectivity index (χ3n) is 4.13. The largest absolute Gasteiger partial charge is 0.366 e. The smallest absolute Gasteiger partial charge is 0.253 e. The highest BCUT2D eigenvalue weighted by molar-refractivity contribution is 5.85. The van der Waals surface area contributed by atoms with E-state index < -0.39 is 0 Å². The van der Waals surface area contributed by atoms with Gasteiger partial charge in [-0.3, -0.25) is 9.69 Å². The summed E-state index contributed by atoms with van der Waals surface area (Å²) in [6.07, 6.45) is 1.81. The molecule has 1 amide bonds. The number of likely N-dealkylation sites (tertiary alicyclic amines) is 1. The van der Waals surface area contributed by atoms with Gasteiger partial charge >= 0.3 is 0 Å². The van der Waals surface area contributed by atoms with Crippen molar-refractivity contribution in [2.45, 2.75) is 25.9 Å². The molecular formula is C13H27Cl2N3O2. The molecule has 0 aromatic rings. The number of nitrogens with two attached hydrogens (primary N) is 1. The lowest BCUT2D eigenvalue weighted by Crippen LogP contribution is -2.52. The van der Waals surface area contributed by atoms with E-state index in [2.05, 4.69) is 11.8 Å². The van der Waals surface area contributed by atoms with Crippen LogP contribution in [0.2, 0.25) is 0 Å². The minimum Gasteiger partial charge on any atom is -0.366 e. The fourth-order valence-electron chi connectivity index (χ4n) is 2.73. The molecule has 1 atom stereocenters. The number of ether oxygens (including phenoxy) is 1. The Kier molecular flexibility index (Phi) is 9.76. The molecule has 2 fully saturated rings. The molecule has 5 nitrogen and oxygen atoms in total. The van der Waals surface area contributed by atoms with E-state index in [1.165, 1.54) is 0 Å². The molecule has 0 saturated carbocycles. The minimum atomic E-state index is -0.256. The Labute approximate surface area is 134 Å². The summed E-state index contributed by atoms with van der Waals surface area (Å²) >= 11 is 0. The van der Waals surface area contributed by atoms with Crippen LogP contribution in [0.25, 0.3) is 0 Å². The van der Waals surface area contributed by atoms with Gasteiger partial charge < -0.3 is 15.4 Å². The Hall–Kier alpha value is -0.0700. The van der Waals surface area contributed by atoms with E-state index in [9.17, 15) is 4.79 Å². The zero-order chi connectivity index (χ0) is 13.0. The van der Waals surface area contributed by atoms with Crippen LogP contribution >= 0.6 is 24.8 Å². The fourth-order valence-corrected chi connectivity index (χ4v) is 2.73. The molecule has 7 heteroatoms. The summed E-state index contributed by atoms with van der Waals surface area (Å²) in [5.41, 5.74) is 5.67. The molecule has 0 aromatic heterocycles. The van der Waals surface area contributed by atoms with Gasteiger partial charge in [0.2, 0.25) is 0 Å². The molecule has 120 valence electrons. The summed E-state index contributed by atoms with van der Waals surface area (Å²) in [5, 5.41) is 0. The molecule has 0 aliphatic carbocycles. The number of hydrogen-bond acceptors (Lipinski definition) is 4. The lowest BCUT2D eigenvalue weighted by molar-refractivity contribution is -0.150. The Bertz CT molecular complexity index is 287. The van der Waals surface area contributed by atoms with Crippen LogP contribution in [0.4, 0.5) is 0 Å². The van der Waals surface area contributed by atoms with E-state index in [1.807, 2.05) is 4.90 Å². The van der Waals surface area contributed by atoms with Gasteiger partial charge in [0.1, 0.15) is 6.10 Å². The molecule has 2 N–H and O–H groups in total. The second-order valence-electron chi connectivity index (χ2n) is 5.26. The Morgan fingerprint density at radius 2 is 1.90 bits per heavy atom. The Balaban J connectivity index is 0.00000180. The van der Waals surface area contributed by atoms with Crippen LogP contribution in [0.15, 0.2) is 0 Å². The first-order valence-electron chi connectivity index (χ1n) is 7.07. The van der Waals surface area contributed by atoms with Gasteiger partial charge in [0.25, 0.3) is 5.91 Å². The van der Waals surface area contributed by atoms with E-state index in [4.69, 9.17) is 10.5 Å². The number of morpholine rings is 1. The van der Waals surface area contributed by atoms with Gasteiger partial charge in [-0.25, -0.2) is 0 Å². The number of rotatable bonds is 3. The number of hydrogen-bond donors (Lipinski definition) is 1. The monoisotopic (exact) mass is 327 g/mol. The summed E-state index contributed by atoms with van der Waals surface area (Å²) in [5.74, 6) is 0.761. The summed E-state index contributed by atoms with van der Waals surface area (Å²) in [7, 11) is 0. The SMILES string of the molecule is CCN1CCOC(C(=O)N2CCC(CN)CC2)C1.Cl.Cl. The second-order valence-corrected chi connectivity index (χ2v) is 5.26. The molecule has 2 aliphatic rings. The highest BCUT2D eigenvalue weighted by Crippen LogP contribution is 2.18. The fraction of sp³-hybridized carbons (Fsp3) is 0.923. The van der Waals surface area contributed by atoms with Crippen LogP contribution in [0.1, 0.15) is 19.8 Å². The first kappa shape index (κ1) is 19.9. The van der Waals surface area contributed by atoms with E-state index >= 15 is 0 Å². The van der Waals surface area contributed by atoms with Crippen LogP contribution in [-0.4, -0.2) is 67.7 Å². The molecule has 0 radical (unpaired) electrons. The first-order chi connectivity index (χ1) is 8.74. The standard InChI is InChI=1S/C13H25N3O2.2ClH/c1-2-15-7-8-18-12(10-15)13(17)16-5-3-11(9-14)4-6-16;;/h11-12H,2-10,14H2,1H3;2*1H. The average Bonchev–Trinajstić information content (AvgIpc) is 2.46. The molecule has 20 heavy (non-hydrogen) atoms. The number of amides is 1. The van der Waals surface area contributed by atoms with Crippen molar-refractivity contribution in [1.82, 2.24) is 9.80 Å². The predicted octanol–water partition coefficient (Wildman–Crippen LogP) is 0.748. The van der Waals surface area contributed by atoms with Gasteiger partial charge in [0.05, 0.1) is 6.61 Å². The number of likely N-dealkylation sites (N-methyl/N-ethyl adjacent to an activating group) is 1. The maximum atomic E-state index is 12.4. The topological polar surface area (TPSA) is 58.8 Å². The number of carbonyl (C=O) groups excluding carboxylic acids is 1. The molecule has 0 aromatic carbocycles. The molecule has 2 rings (SSSR count). The number of halogens is 2. The average molecular weight is 328 g/mol. The molecule has 0 spiro atoms. The molecule has 1 unspecified atom stereocenters. The highest BCUT2D eigenvalue weighted by atomic mass is 35.5. The molecule has 2 aliphatic heterocycles. The van der Waals surface area contributed by atoms with E-state index in [0.717, 1.165) is 52.1 Å². The first-order valence-corrected chi connectivity index (χ1v) is 7.07. The van der Waals surface area contributed by atoms with E-state index in [0.29, 0.717) is 12.5 Å². The summed E-state index contributed by atoms with van der Waals surface area (Å²) < 4.78 is 5.62. The third-order valence-corrected chi connectivity index (χ3v) is 4.13. The van der Waals surface area contributed by atoms with Crippen molar-refractivity contribution in [2.24, 2.45) is 11.7 Å². The van der Waals surface area contributed by atoms with Gasteiger partial charge in [0.15, 0.2) is 0 Å². The maximum absolute atomic E-state index is 12.4. The minimum absolute atomic E-state index is 0. The molecule has 0 bridgehead atoms. The van der Waals surface area contributed by atoms with Crippen LogP contribution < -0.4 is 5.73 Å². The maximum Gasteiger partial charge on any atom is 0.253 e. The highest BCUT2D eigenvalue weighted by Gasteiger charge is 2.31. The summed E-state index contributed by atoms with van der Waals surface area (Å²) in [6.45, 7) is 7.89. The lowest BCUT2D eigenvalue weighted by atomic mass is 9.97. The molecule has 2 heterocycles. The van der Waals surface area contributed by atoms with Crippen LogP contribution in [0.3, 0.4) is 0 Å². The predicted molar refractivity (Wildman–Crippen MR) is 84.7 cm³/mol. The normalized spacial score (nSPS) is 24.7. The molecule has 2 saturated heterocycles. The van der Waals surface area contributed by atoms with Crippen molar-refractivity contribution in [3.8, 4) is 0 Å². The van der Waals surface area contributed by atoms with Crippen molar-refractivity contribution >= 4 is 30.7 Å². The zero-order valence-corrected chi connectivity index (χ0v) is 13.8. The lowest BCUT2D eigenvalue weighted by Gasteiger charge is -2.37. The van der Waals surface area contributed by atoms with Crippen molar-refractivity contribution in [1.29, 1.82) is 0 Å².